The highest BCUT2D eigenvalue weighted by Crippen LogP contribution is 2.56. The van der Waals surface area contributed by atoms with Gasteiger partial charge in [0.05, 0.1) is 34.1 Å². The van der Waals surface area contributed by atoms with Crippen LogP contribution in [0.4, 0.5) is 5.69 Å². The summed E-state index contributed by atoms with van der Waals surface area (Å²) in [6.07, 6.45) is 4.15. The number of anilines is 1. The van der Waals surface area contributed by atoms with Gasteiger partial charge < -0.3 is 33.3 Å². The minimum Gasteiger partial charge on any atom is -0.493 e. The second-order valence-corrected chi connectivity index (χ2v) is 10.2. The summed E-state index contributed by atoms with van der Waals surface area (Å²) in [7, 11) is 8.31. The van der Waals surface area contributed by atoms with Crippen molar-refractivity contribution in [1.82, 2.24) is 0 Å². The van der Waals surface area contributed by atoms with E-state index in [9.17, 15) is 0 Å². The second kappa shape index (κ2) is 11.5. The Morgan fingerprint density at radius 1 is 0.743 bits per heavy atom. The quantitative estimate of drug-likeness (QED) is 0.366. The normalized spacial score (nSPS) is 20.6. The maximum atomic E-state index is 6.17. The highest BCUT2D eigenvalue weighted by molar-refractivity contribution is 8.00. The van der Waals surface area contributed by atoms with Crippen LogP contribution in [0.25, 0.3) is 0 Å². The molecule has 0 aromatic heterocycles. The van der Waals surface area contributed by atoms with Crippen LogP contribution in [-0.4, -0.2) is 54.9 Å². The molecule has 0 spiro atoms. The number of benzene rings is 2. The summed E-state index contributed by atoms with van der Waals surface area (Å²) >= 11 is 1.97. The van der Waals surface area contributed by atoms with Crippen LogP contribution in [-0.2, 0) is 4.74 Å². The highest BCUT2D eigenvalue weighted by atomic mass is 32.2. The van der Waals surface area contributed by atoms with E-state index < -0.39 is 0 Å². The van der Waals surface area contributed by atoms with Gasteiger partial charge in [0.2, 0.25) is 5.75 Å². The zero-order chi connectivity index (χ0) is 24.9. The minimum absolute atomic E-state index is 0.333. The van der Waals surface area contributed by atoms with Crippen LogP contribution in [0, 0.1) is 0 Å². The first-order chi connectivity index (χ1) is 17.0. The van der Waals surface area contributed by atoms with E-state index in [1.54, 1.807) is 35.5 Å². The zero-order valence-corrected chi connectivity index (χ0v) is 22.4. The van der Waals surface area contributed by atoms with Crippen LogP contribution in [0.1, 0.15) is 54.2 Å². The number of methoxy groups -OCH3 is 5. The molecule has 2 heterocycles. The zero-order valence-electron chi connectivity index (χ0n) is 21.6. The smallest absolute Gasteiger partial charge is 0.203 e. The Kier molecular flexibility index (Phi) is 8.44. The summed E-state index contributed by atoms with van der Waals surface area (Å²) < 4.78 is 34.1. The van der Waals surface area contributed by atoms with Crippen molar-refractivity contribution in [2.75, 3.05) is 53.5 Å². The van der Waals surface area contributed by atoms with Gasteiger partial charge in [0.1, 0.15) is 0 Å². The van der Waals surface area contributed by atoms with Crippen molar-refractivity contribution in [3.8, 4) is 28.7 Å². The van der Waals surface area contributed by atoms with Gasteiger partial charge in [-0.25, -0.2) is 0 Å². The molecule has 3 atom stereocenters. The molecule has 35 heavy (non-hydrogen) atoms. The van der Waals surface area contributed by atoms with Crippen LogP contribution in [0.15, 0.2) is 24.3 Å². The third-order valence-corrected chi connectivity index (χ3v) is 8.46. The largest absolute Gasteiger partial charge is 0.493 e. The monoisotopic (exact) mass is 503 g/mol. The van der Waals surface area contributed by atoms with Gasteiger partial charge in [0.25, 0.3) is 0 Å². The van der Waals surface area contributed by atoms with Gasteiger partial charge in [-0.1, -0.05) is 0 Å². The molecule has 192 valence electrons. The van der Waals surface area contributed by atoms with E-state index >= 15 is 0 Å². The number of thioether (sulfide) groups is 1. The molecule has 0 radical (unpaired) electrons. The van der Waals surface area contributed by atoms with Crippen LogP contribution in [0.5, 0.6) is 28.7 Å². The summed E-state index contributed by atoms with van der Waals surface area (Å²) in [5, 5.41) is 0.683. The Balaban J connectivity index is 1.64. The summed E-state index contributed by atoms with van der Waals surface area (Å²) in [6, 6.07) is 8.56. The number of rotatable bonds is 10. The van der Waals surface area contributed by atoms with Crippen LogP contribution >= 0.6 is 11.8 Å². The van der Waals surface area contributed by atoms with Crippen molar-refractivity contribution >= 4 is 17.4 Å². The van der Waals surface area contributed by atoms with Gasteiger partial charge in [-0.2, -0.15) is 0 Å². The van der Waals surface area contributed by atoms with Crippen LogP contribution < -0.4 is 28.6 Å². The Morgan fingerprint density at radius 3 is 1.74 bits per heavy atom. The molecule has 2 aliphatic heterocycles. The van der Waals surface area contributed by atoms with Gasteiger partial charge in [0.15, 0.2) is 29.3 Å². The van der Waals surface area contributed by atoms with Gasteiger partial charge in [0, 0.05) is 30.7 Å². The van der Waals surface area contributed by atoms with Gasteiger partial charge >= 0.3 is 0 Å². The number of hydrogen-bond acceptors (Lipinski definition) is 8. The Labute approximate surface area is 213 Å². The van der Waals surface area contributed by atoms with Gasteiger partial charge in [-0.15, -0.1) is 11.8 Å². The predicted molar refractivity (Wildman–Crippen MR) is 140 cm³/mol. The lowest BCUT2D eigenvalue weighted by Gasteiger charge is -2.26. The van der Waals surface area contributed by atoms with E-state index in [-0.39, 0.29) is 6.29 Å². The highest BCUT2D eigenvalue weighted by Gasteiger charge is 2.32. The van der Waals surface area contributed by atoms with Crippen molar-refractivity contribution in [3.05, 3.63) is 35.4 Å². The molecule has 2 fully saturated rings. The van der Waals surface area contributed by atoms with Crippen molar-refractivity contribution in [1.29, 1.82) is 0 Å². The molecule has 0 amide bonds. The molecule has 0 N–H and O–H groups in total. The topological polar surface area (TPSA) is 58.6 Å². The molecule has 2 aromatic rings. The average Bonchev–Trinajstić information content (AvgIpc) is 3.60. The molecule has 3 unspecified atom stereocenters. The van der Waals surface area contributed by atoms with E-state index in [1.807, 2.05) is 18.7 Å². The second-order valence-electron chi connectivity index (χ2n) is 8.84. The number of hydrogen-bond donors (Lipinski definition) is 0. The predicted octanol–water partition coefficient (Wildman–Crippen LogP) is 6.00. The fourth-order valence-electron chi connectivity index (χ4n) is 4.89. The molecule has 0 aliphatic carbocycles. The minimum atomic E-state index is -0.360. The van der Waals surface area contributed by atoms with Crippen LogP contribution in [0.3, 0.4) is 0 Å². The Morgan fingerprint density at radius 2 is 1.26 bits per heavy atom. The molecule has 2 saturated heterocycles. The van der Waals surface area contributed by atoms with Crippen LogP contribution in [0.2, 0.25) is 0 Å². The van der Waals surface area contributed by atoms with Crippen molar-refractivity contribution < 1.29 is 28.4 Å². The Hall–Kier alpha value is -2.45. The molecule has 4 rings (SSSR count). The summed E-state index contributed by atoms with van der Waals surface area (Å²) in [6.45, 7) is 3.95. The van der Waals surface area contributed by atoms with E-state index in [1.165, 1.54) is 24.0 Å². The van der Waals surface area contributed by atoms with E-state index in [0.29, 0.717) is 27.7 Å². The lowest BCUT2D eigenvalue weighted by molar-refractivity contribution is -0.0392. The van der Waals surface area contributed by atoms with E-state index in [0.717, 1.165) is 43.1 Å². The first-order valence-electron chi connectivity index (χ1n) is 12.1. The maximum absolute atomic E-state index is 6.17. The van der Waals surface area contributed by atoms with Gasteiger partial charge in [-0.3, -0.25) is 0 Å². The lowest BCUT2D eigenvalue weighted by atomic mass is 10.0. The van der Waals surface area contributed by atoms with Crippen molar-refractivity contribution in [2.45, 2.75) is 49.4 Å². The molecule has 2 aliphatic rings. The molecule has 0 bridgehead atoms. The van der Waals surface area contributed by atoms with E-state index in [4.69, 9.17) is 28.4 Å². The number of nitrogens with zero attached hydrogens (tertiary/aromatic N) is 1. The standard InChI is InChI=1S/C27H37NO6S/c1-17(29-2)34-26-20(28-11-7-8-12-28)13-18(14-21(26)30-3)24-9-10-25(35-24)19-15-22(31-4)27(33-6)23(16-19)32-5/h13-17,24-25H,7-12H2,1-6H3. The average molecular weight is 504 g/mol. The SMILES string of the molecule is COc1cc(C2CCC(c3cc(OC)c(OC(C)OC)c(N4CCCC4)c3)S2)cc(OC)c1OC. The molecule has 7 nitrogen and oxygen atoms in total. The van der Waals surface area contributed by atoms with E-state index in [2.05, 4.69) is 29.2 Å². The molecule has 2 aromatic carbocycles. The third kappa shape index (κ3) is 5.38. The third-order valence-electron chi connectivity index (χ3n) is 6.79. The number of ether oxygens (including phenoxy) is 6. The van der Waals surface area contributed by atoms with Gasteiger partial charge in [-0.05, 0) is 68.0 Å². The summed E-state index contributed by atoms with van der Waals surface area (Å²) in [4.78, 5) is 2.40. The molecule has 8 heteroatoms. The summed E-state index contributed by atoms with van der Waals surface area (Å²) in [5.74, 6) is 3.52. The van der Waals surface area contributed by atoms with Crippen molar-refractivity contribution in [2.24, 2.45) is 0 Å². The fourth-order valence-corrected chi connectivity index (χ4v) is 6.41. The molecular formula is C27H37NO6S. The molecule has 0 saturated carbocycles. The summed E-state index contributed by atoms with van der Waals surface area (Å²) in [5.41, 5.74) is 3.55. The fraction of sp³-hybridized carbons (Fsp3) is 0.556. The first-order valence-corrected chi connectivity index (χ1v) is 13.1. The lowest BCUT2D eigenvalue weighted by Crippen LogP contribution is -2.22. The first kappa shape index (κ1) is 25.6. The maximum Gasteiger partial charge on any atom is 0.203 e. The van der Waals surface area contributed by atoms with Crippen molar-refractivity contribution in [3.63, 3.8) is 0 Å². The Bertz CT molecular complexity index is 984. The molecular weight excluding hydrogens is 466 g/mol.